The van der Waals surface area contributed by atoms with E-state index >= 15 is 0 Å². The van der Waals surface area contributed by atoms with Crippen LogP contribution >= 0.6 is 15.9 Å². The molecule has 0 atom stereocenters. The largest absolute Gasteiger partial charge is 0.319 e. The van der Waals surface area contributed by atoms with E-state index in [1.807, 2.05) is 47.9 Å². The minimum Gasteiger partial charge on any atom is -0.319 e. The Hall–Kier alpha value is -2.14. The van der Waals surface area contributed by atoms with Gasteiger partial charge in [0.1, 0.15) is 4.60 Å². The Kier molecular flexibility index (Phi) is 3.28. The van der Waals surface area contributed by atoms with Crippen LogP contribution in [0.3, 0.4) is 0 Å². The SMILES string of the molecule is Cc1nc2c(NC(=O)c3ccccc3)cccn2c1Br. The third-order valence-corrected chi connectivity index (χ3v) is 3.99. The van der Waals surface area contributed by atoms with Crippen LogP contribution in [0.5, 0.6) is 0 Å². The monoisotopic (exact) mass is 329 g/mol. The van der Waals surface area contributed by atoms with Crippen molar-refractivity contribution in [1.29, 1.82) is 0 Å². The molecule has 0 spiro atoms. The highest BCUT2D eigenvalue weighted by Crippen LogP contribution is 2.23. The van der Waals surface area contributed by atoms with Gasteiger partial charge in [0.25, 0.3) is 5.91 Å². The number of carbonyl (C=O) groups excluding carboxylic acids is 1. The van der Waals surface area contributed by atoms with Crippen LogP contribution < -0.4 is 5.32 Å². The van der Waals surface area contributed by atoms with E-state index in [-0.39, 0.29) is 5.91 Å². The normalized spacial score (nSPS) is 10.7. The van der Waals surface area contributed by atoms with Gasteiger partial charge in [-0.3, -0.25) is 9.20 Å². The van der Waals surface area contributed by atoms with Crippen LogP contribution in [0, 0.1) is 6.92 Å². The van der Waals surface area contributed by atoms with Gasteiger partial charge in [-0.25, -0.2) is 4.98 Å². The van der Waals surface area contributed by atoms with E-state index in [0.29, 0.717) is 11.3 Å². The van der Waals surface area contributed by atoms with E-state index in [0.717, 1.165) is 15.9 Å². The molecule has 0 unspecified atom stereocenters. The number of carbonyl (C=O) groups is 1. The maximum atomic E-state index is 12.2. The third-order valence-electron chi connectivity index (χ3n) is 3.03. The first-order valence-corrected chi connectivity index (χ1v) is 6.95. The number of hydrogen-bond donors (Lipinski definition) is 1. The molecule has 3 rings (SSSR count). The molecule has 0 aliphatic carbocycles. The summed E-state index contributed by atoms with van der Waals surface area (Å²) in [7, 11) is 0. The van der Waals surface area contributed by atoms with Gasteiger partial charge in [0.2, 0.25) is 0 Å². The van der Waals surface area contributed by atoms with Gasteiger partial charge in [-0.1, -0.05) is 18.2 Å². The van der Waals surface area contributed by atoms with Crippen molar-refractivity contribution in [2.45, 2.75) is 6.92 Å². The van der Waals surface area contributed by atoms with Crippen molar-refractivity contribution >= 4 is 33.2 Å². The second kappa shape index (κ2) is 5.09. The minimum atomic E-state index is -0.143. The van der Waals surface area contributed by atoms with Crippen molar-refractivity contribution < 1.29 is 4.79 Å². The van der Waals surface area contributed by atoms with E-state index in [1.54, 1.807) is 12.1 Å². The molecule has 1 aromatic carbocycles. The van der Waals surface area contributed by atoms with Crippen molar-refractivity contribution in [3.63, 3.8) is 0 Å². The number of imidazole rings is 1. The molecule has 0 fully saturated rings. The predicted molar refractivity (Wildman–Crippen MR) is 82.0 cm³/mol. The summed E-state index contributed by atoms with van der Waals surface area (Å²) in [4.78, 5) is 16.7. The summed E-state index contributed by atoms with van der Waals surface area (Å²) in [5.74, 6) is -0.143. The second-order valence-electron chi connectivity index (χ2n) is 4.42. The quantitative estimate of drug-likeness (QED) is 0.779. The number of benzene rings is 1. The van der Waals surface area contributed by atoms with Crippen LogP contribution in [0.2, 0.25) is 0 Å². The smallest absolute Gasteiger partial charge is 0.255 e. The fraction of sp³-hybridized carbons (Fsp3) is 0.0667. The summed E-state index contributed by atoms with van der Waals surface area (Å²) < 4.78 is 2.79. The van der Waals surface area contributed by atoms with Gasteiger partial charge in [0.05, 0.1) is 11.4 Å². The van der Waals surface area contributed by atoms with Crippen LogP contribution in [0.1, 0.15) is 16.1 Å². The Morgan fingerprint density at radius 1 is 1.20 bits per heavy atom. The van der Waals surface area contributed by atoms with E-state index < -0.39 is 0 Å². The van der Waals surface area contributed by atoms with Crippen LogP contribution in [-0.4, -0.2) is 15.3 Å². The number of rotatable bonds is 2. The van der Waals surface area contributed by atoms with Gasteiger partial charge >= 0.3 is 0 Å². The van der Waals surface area contributed by atoms with Crippen LogP contribution in [0.4, 0.5) is 5.69 Å². The van der Waals surface area contributed by atoms with Crippen LogP contribution in [0.25, 0.3) is 5.65 Å². The average Bonchev–Trinajstić information content (AvgIpc) is 2.77. The van der Waals surface area contributed by atoms with E-state index in [1.165, 1.54) is 0 Å². The fourth-order valence-electron chi connectivity index (χ4n) is 2.03. The highest BCUT2D eigenvalue weighted by atomic mass is 79.9. The number of aromatic nitrogens is 2. The Morgan fingerprint density at radius 3 is 2.70 bits per heavy atom. The first-order valence-electron chi connectivity index (χ1n) is 6.16. The summed E-state index contributed by atoms with van der Waals surface area (Å²) in [6.07, 6.45) is 1.90. The zero-order chi connectivity index (χ0) is 14.1. The minimum absolute atomic E-state index is 0.143. The van der Waals surface area contributed by atoms with Crippen molar-refractivity contribution in [2.75, 3.05) is 5.32 Å². The zero-order valence-electron chi connectivity index (χ0n) is 10.8. The number of anilines is 1. The van der Waals surface area contributed by atoms with Crippen molar-refractivity contribution in [3.8, 4) is 0 Å². The maximum Gasteiger partial charge on any atom is 0.255 e. The number of pyridine rings is 1. The molecule has 0 saturated heterocycles. The molecule has 0 bridgehead atoms. The Balaban J connectivity index is 1.99. The molecule has 1 amide bonds. The molecule has 100 valence electrons. The van der Waals surface area contributed by atoms with Gasteiger partial charge in [0.15, 0.2) is 5.65 Å². The van der Waals surface area contributed by atoms with Crippen molar-refractivity contribution in [1.82, 2.24) is 9.38 Å². The van der Waals surface area contributed by atoms with E-state index in [2.05, 4.69) is 26.2 Å². The van der Waals surface area contributed by atoms with Crippen LogP contribution in [-0.2, 0) is 0 Å². The molecule has 4 nitrogen and oxygen atoms in total. The van der Waals surface area contributed by atoms with E-state index in [4.69, 9.17) is 0 Å². The number of nitrogens with one attached hydrogen (secondary N) is 1. The van der Waals surface area contributed by atoms with Gasteiger partial charge in [0, 0.05) is 11.8 Å². The van der Waals surface area contributed by atoms with Gasteiger partial charge in [-0.05, 0) is 47.1 Å². The summed E-state index contributed by atoms with van der Waals surface area (Å²) in [5.41, 5.74) is 2.92. The lowest BCUT2D eigenvalue weighted by molar-refractivity contribution is 0.102. The summed E-state index contributed by atoms with van der Waals surface area (Å²) in [6, 6.07) is 12.8. The number of aryl methyl sites for hydroxylation is 1. The highest BCUT2D eigenvalue weighted by Gasteiger charge is 2.12. The average molecular weight is 330 g/mol. The van der Waals surface area contributed by atoms with Gasteiger partial charge in [-0.15, -0.1) is 0 Å². The molecular weight excluding hydrogens is 318 g/mol. The number of halogens is 1. The lowest BCUT2D eigenvalue weighted by atomic mass is 10.2. The lowest BCUT2D eigenvalue weighted by Crippen LogP contribution is -2.12. The molecule has 1 N–H and O–H groups in total. The molecule has 3 aromatic rings. The molecule has 0 aliphatic heterocycles. The fourth-order valence-corrected chi connectivity index (χ4v) is 2.41. The summed E-state index contributed by atoms with van der Waals surface area (Å²) >= 11 is 3.48. The topological polar surface area (TPSA) is 46.4 Å². The highest BCUT2D eigenvalue weighted by molar-refractivity contribution is 9.10. The Labute approximate surface area is 124 Å². The number of hydrogen-bond acceptors (Lipinski definition) is 2. The van der Waals surface area contributed by atoms with Crippen molar-refractivity contribution in [2.24, 2.45) is 0 Å². The van der Waals surface area contributed by atoms with Gasteiger partial charge in [-0.2, -0.15) is 0 Å². The number of amides is 1. The number of fused-ring (bicyclic) bond motifs is 1. The first-order chi connectivity index (χ1) is 9.66. The Morgan fingerprint density at radius 2 is 1.95 bits per heavy atom. The summed E-state index contributed by atoms with van der Waals surface area (Å²) in [5, 5.41) is 2.90. The Bertz CT molecular complexity index is 780. The molecule has 20 heavy (non-hydrogen) atoms. The standard InChI is InChI=1S/C15H12BrN3O/c1-10-13(16)19-9-5-8-12(14(19)17-10)18-15(20)11-6-3-2-4-7-11/h2-9H,1H3,(H,18,20). The maximum absolute atomic E-state index is 12.2. The molecule has 2 aromatic heterocycles. The number of nitrogens with zero attached hydrogens (tertiary/aromatic N) is 2. The third kappa shape index (κ3) is 2.20. The van der Waals surface area contributed by atoms with E-state index in [9.17, 15) is 4.79 Å². The molecule has 0 saturated carbocycles. The molecule has 2 heterocycles. The second-order valence-corrected chi connectivity index (χ2v) is 5.17. The molecular formula is C15H12BrN3O. The van der Waals surface area contributed by atoms with Crippen molar-refractivity contribution in [3.05, 3.63) is 64.5 Å². The van der Waals surface area contributed by atoms with Crippen LogP contribution in [0.15, 0.2) is 53.3 Å². The zero-order valence-corrected chi connectivity index (χ0v) is 12.4. The first kappa shape index (κ1) is 12.9. The predicted octanol–water partition coefficient (Wildman–Crippen LogP) is 3.66. The molecule has 5 heteroatoms. The molecule has 0 radical (unpaired) electrons. The summed E-state index contributed by atoms with van der Waals surface area (Å²) in [6.45, 7) is 1.92. The van der Waals surface area contributed by atoms with Gasteiger partial charge < -0.3 is 5.32 Å². The molecule has 0 aliphatic rings. The lowest BCUT2D eigenvalue weighted by Gasteiger charge is -2.06.